The Morgan fingerprint density at radius 2 is 2.04 bits per heavy atom. The number of aromatic nitrogens is 4. The predicted octanol–water partition coefficient (Wildman–Crippen LogP) is 3.58. The Bertz CT molecular complexity index is 804. The zero-order chi connectivity index (χ0) is 17.1. The number of nitrogens with zero attached hydrogens (tertiary/aromatic N) is 4. The number of imidazole rings is 1. The van der Waals surface area contributed by atoms with Crippen LogP contribution in [0.3, 0.4) is 0 Å². The van der Waals surface area contributed by atoms with E-state index >= 15 is 0 Å². The highest BCUT2D eigenvalue weighted by molar-refractivity contribution is 5.58. The summed E-state index contributed by atoms with van der Waals surface area (Å²) in [6, 6.07) is 12.9. The number of piperidine rings is 1. The van der Waals surface area contributed by atoms with Crippen LogP contribution in [0.2, 0.25) is 0 Å². The maximum absolute atomic E-state index is 4.71. The first kappa shape index (κ1) is 16.1. The average Bonchev–Trinajstić information content (AvgIpc) is 3.30. The normalized spacial score (nSPS) is 18.5. The molecular weight excluding hydrogens is 310 g/mol. The molecule has 4 rings (SSSR count). The molecule has 1 atom stereocenters. The third-order valence-corrected chi connectivity index (χ3v) is 5.19. The second-order valence-electron chi connectivity index (χ2n) is 6.79. The molecule has 1 N–H and O–H groups in total. The molecule has 1 aliphatic heterocycles. The molecule has 5 heteroatoms. The average molecular weight is 335 g/mol. The number of hydrogen-bond acceptors (Lipinski definition) is 3. The van der Waals surface area contributed by atoms with Gasteiger partial charge in [-0.2, -0.15) is 5.10 Å². The molecule has 0 radical (unpaired) electrons. The van der Waals surface area contributed by atoms with Gasteiger partial charge in [0.2, 0.25) is 0 Å². The quantitative estimate of drug-likeness (QED) is 0.775. The smallest absolute Gasteiger partial charge is 0.123 e. The van der Waals surface area contributed by atoms with Crippen molar-refractivity contribution in [2.75, 3.05) is 13.1 Å². The molecule has 0 spiro atoms. The Kier molecular flexibility index (Phi) is 4.65. The summed E-state index contributed by atoms with van der Waals surface area (Å²) >= 11 is 0. The van der Waals surface area contributed by atoms with Gasteiger partial charge >= 0.3 is 0 Å². The lowest BCUT2D eigenvalue weighted by atomic mass is 10.0. The number of H-pyrrole nitrogens is 1. The standard InChI is InChI=1S/C20H25N5/c1-24-17(10-12-22-24)11-14-25-13-6-5-9-19(25)20-21-15-18(23-20)16-7-3-2-4-8-16/h2-4,7-8,10,12,15,19H,5-6,9,11,13-14H2,1H3,(H,21,23)/t19-/m1/s1. The van der Waals surface area contributed by atoms with Gasteiger partial charge < -0.3 is 4.98 Å². The lowest BCUT2D eigenvalue weighted by molar-refractivity contribution is 0.143. The fourth-order valence-electron chi connectivity index (χ4n) is 3.74. The molecule has 130 valence electrons. The Labute approximate surface area is 148 Å². The van der Waals surface area contributed by atoms with Crippen LogP contribution in [-0.2, 0) is 13.5 Å². The highest BCUT2D eigenvalue weighted by atomic mass is 15.3. The molecule has 2 aromatic heterocycles. The molecule has 0 saturated carbocycles. The maximum Gasteiger partial charge on any atom is 0.123 e. The van der Waals surface area contributed by atoms with Gasteiger partial charge in [-0.3, -0.25) is 9.58 Å². The number of benzene rings is 1. The van der Waals surface area contributed by atoms with Crippen LogP contribution in [0.1, 0.15) is 36.8 Å². The number of rotatable bonds is 5. The minimum atomic E-state index is 0.388. The zero-order valence-corrected chi connectivity index (χ0v) is 14.7. The van der Waals surface area contributed by atoms with E-state index in [1.807, 2.05) is 30.2 Å². The van der Waals surface area contributed by atoms with Crippen LogP contribution in [0, 0.1) is 0 Å². The molecule has 1 saturated heterocycles. The summed E-state index contributed by atoms with van der Waals surface area (Å²) in [7, 11) is 2.02. The van der Waals surface area contributed by atoms with Crippen molar-refractivity contribution in [1.29, 1.82) is 0 Å². The first-order valence-corrected chi connectivity index (χ1v) is 9.12. The van der Waals surface area contributed by atoms with Gasteiger partial charge in [-0.1, -0.05) is 36.8 Å². The minimum absolute atomic E-state index is 0.388. The SMILES string of the molecule is Cn1nccc1CCN1CCCC[C@@H]1c1ncc(-c2ccccc2)[nH]1. The molecule has 0 unspecified atom stereocenters. The summed E-state index contributed by atoms with van der Waals surface area (Å²) in [5.74, 6) is 1.10. The number of likely N-dealkylation sites (tertiary alicyclic amines) is 1. The molecule has 1 aliphatic rings. The van der Waals surface area contributed by atoms with Gasteiger partial charge in [0.25, 0.3) is 0 Å². The van der Waals surface area contributed by atoms with E-state index in [1.165, 1.54) is 30.5 Å². The van der Waals surface area contributed by atoms with Crippen molar-refractivity contribution in [3.8, 4) is 11.3 Å². The summed E-state index contributed by atoms with van der Waals surface area (Å²) in [5.41, 5.74) is 3.58. The van der Waals surface area contributed by atoms with Gasteiger partial charge in [0.05, 0.1) is 17.9 Å². The number of hydrogen-bond donors (Lipinski definition) is 1. The predicted molar refractivity (Wildman–Crippen MR) is 99.1 cm³/mol. The fraction of sp³-hybridized carbons (Fsp3) is 0.400. The van der Waals surface area contributed by atoms with E-state index in [0.29, 0.717) is 6.04 Å². The van der Waals surface area contributed by atoms with Crippen molar-refractivity contribution in [1.82, 2.24) is 24.6 Å². The topological polar surface area (TPSA) is 49.7 Å². The van der Waals surface area contributed by atoms with E-state index in [1.54, 1.807) is 0 Å². The second-order valence-corrected chi connectivity index (χ2v) is 6.79. The molecule has 0 aliphatic carbocycles. The van der Waals surface area contributed by atoms with E-state index in [9.17, 15) is 0 Å². The molecule has 3 heterocycles. The fourth-order valence-corrected chi connectivity index (χ4v) is 3.74. The third kappa shape index (κ3) is 3.51. The van der Waals surface area contributed by atoms with E-state index in [-0.39, 0.29) is 0 Å². The Hall–Kier alpha value is -2.40. The minimum Gasteiger partial charge on any atom is -0.341 e. The van der Waals surface area contributed by atoms with Crippen LogP contribution in [-0.4, -0.2) is 37.7 Å². The number of aryl methyl sites for hydroxylation is 1. The molecule has 3 aromatic rings. The van der Waals surface area contributed by atoms with E-state index in [4.69, 9.17) is 4.98 Å². The van der Waals surface area contributed by atoms with E-state index < -0.39 is 0 Å². The monoisotopic (exact) mass is 335 g/mol. The zero-order valence-electron chi connectivity index (χ0n) is 14.7. The van der Waals surface area contributed by atoms with Crippen LogP contribution >= 0.6 is 0 Å². The Morgan fingerprint density at radius 3 is 2.84 bits per heavy atom. The lowest BCUT2D eigenvalue weighted by Gasteiger charge is -2.34. The number of nitrogens with one attached hydrogen (secondary N) is 1. The van der Waals surface area contributed by atoms with Crippen molar-refractivity contribution in [2.24, 2.45) is 7.05 Å². The Balaban J connectivity index is 1.49. The molecule has 0 bridgehead atoms. The van der Waals surface area contributed by atoms with Crippen molar-refractivity contribution in [3.05, 3.63) is 60.3 Å². The first-order chi connectivity index (χ1) is 12.3. The van der Waals surface area contributed by atoms with Crippen LogP contribution in [0.15, 0.2) is 48.8 Å². The summed E-state index contributed by atoms with van der Waals surface area (Å²) in [6.45, 7) is 2.19. The summed E-state index contributed by atoms with van der Waals surface area (Å²) in [6.07, 6.45) is 8.59. The molecule has 0 amide bonds. The van der Waals surface area contributed by atoms with Crippen LogP contribution < -0.4 is 0 Å². The van der Waals surface area contributed by atoms with Crippen LogP contribution in [0.4, 0.5) is 0 Å². The van der Waals surface area contributed by atoms with Gasteiger partial charge in [-0.05, 0) is 31.0 Å². The van der Waals surface area contributed by atoms with Gasteiger partial charge in [0.15, 0.2) is 0 Å². The van der Waals surface area contributed by atoms with Gasteiger partial charge in [0.1, 0.15) is 5.82 Å². The van der Waals surface area contributed by atoms with Crippen molar-refractivity contribution in [3.63, 3.8) is 0 Å². The highest BCUT2D eigenvalue weighted by Crippen LogP contribution is 2.30. The summed E-state index contributed by atoms with van der Waals surface area (Å²) in [5, 5.41) is 4.27. The Morgan fingerprint density at radius 1 is 1.16 bits per heavy atom. The number of aromatic amines is 1. The van der Waals surface area contributed by atoms with Crippen LogP contribution in [0.25, 0.3) is 11.3 Å². The van der Waals surface area contributed by atoms with Crippen molar-refractivity contribution in [2.45, 2.75) is 31.7 Å². The lowest BCUT2D eigenvalue weighted by Crippen LogP contribution is -2.35. The van der Waals surface area contributed by atoms with E-state index in [0.717, 1.165) is 31.0 Å². The molecule has 1 fully saturated rings. The molecule has 25 heavy (non-hydrogen) atoms. The maximum atomic E-state index is 4.71. The largest absolute Gasteiger partial charge is 0.341 e. The molecule has 5 nitrogen and oxygen atoms in total. The highest BCUT2D eigenvalue weighted by Gasteiger charge is 2.26. The second kappa shape index (κ2) is 7.23. The van der Waals surface area contributed by atoms with Gasteiger partial charge in [-0.15, -0.1) is 0 Å². The first-order valence-electron chi connectivity index (χ1n) is 9.12. The van der Waals surface area contributed by atoms with Crippen molar-refractivity contribution < 1.29 is 0 Å². The van der Waals surface area contributed by atoms with Crippen molar-refractivity contribution >= 4 is 0 Å². The van der Waals surface area contributed by atoms with E-state index in [2.05, 4.69) is 45.3 Å². The third-order valence-electron chi connectivity index (χ3n) is 5.19. The summed E-state index contributed by atoms with van der Waals surface area (Å²) in [4.78, 5) is 10.9. The summed E-state index contributed by atoms with van der Waals surface area (Å²) < 4.78 is 1.97. The molecule has 1 aromatic carbocycles. The van der Waals surface area contributed by atoms with Gasteiger partial charge in [-0.25, -0.2) is 4.98 Å². The molecular formula is C20H25N5. The van der Waals surface area contributed by atoms with Crippen LogP contribution in [0.5, 0.6) is 0 Å². The van der Waals surface area contributed by atoms with Gasteiger partial charge in [0, 0.05) is 31.9 Å².